The maximum absolute atomic E-state index is 12.9. The summed E-state index contributed by atoms with van der Waals surface area (Å²) in [6.07, 6.45) is -5.19. The average molecular weight is 1470 g/mol. The van der Waals surface area contributed by atoms with Crippen LogP contribution in [0.4, 0.5) is 14.4 Å². The van der Waals surface area contributed by atoms with Crippen LogP contribution in [-0.2, 0) is 71.4 Å². The molecule has 0 aromatic rings. The van der Waals surface area contributed by atoms with Gasteiger partial charge in [0.05, 0.1) is 59.5 Å². The zero-order chi connectivity index (χ0) is 75.2. The Bertz CT molecular complexity index is 2320. The van der Waals surface area contributed by atoms with E-state index >= 15 is 0 Å². The van der Waals surface area contributed by atoms with Crippen LogP contribution in [0, 0.1) is 5.41 Å². The highest BCUT2D eigenvalue weighted by Gasteiger charge is 2.48. The van der Waals surface area contributed by atoms with E-state index in [0.717, 1.165) is 38.5 Å². The first-order valence-electron chi connectivity index (χ1n) is 35.9. The van der Waals surface area contributed by atoms with Gasteiger partial charge in [0, 0.05) is 84.7 Å². The number of unbranched alkanes of at least 4 members (excludes halogenated alkanes) is 9. The highest BCUT2D eigenvalue weighted by Crippen LogP contribution is 2.31. The topological polar surface area (TPSA) is 527 Å². The molecule has 3 heterocycles. The molecule has 0 radical (unpaired) electrons. The summed E-state index contributed by atoms with van der Waals surface area (Å²) in [5.74, 6) is -2.03. The Morgan fingerprint density at radius 1 is 0.343 bits per heavy atom. The minimum Gasteiger partial charge on any atom is -0.450 e. The van der Waals surface area contributed by atoms with Crippen molar-refractivity contribution < 1.29 is 132 Å². The van der Waals surface area contributed by atoms with E-state index in [4.69, 9.17) is 42.6 Å². The third kappa shape index (κ3) is 37.1. The molecule has 0 aromatic carbocycles. The van der Waals surface area contributed by atoms with E-state index in [0.29, 0.717) is 123 Å². The van der Waals surface area contributed by atoms with Gasteiger partial charge in [-0.2, -0.15) is 0 Å². The first kappa shape index (κ1) is 90.2. The predicted octanol–water partition coefficient (Wildman–Crippen LogP) is -2.02. The molecule has 3 saturated heterocycles. The van der Waals surface area contributed by atoms with E-state index in [1.165, 1.54) is 20.8 Å². The van der Waals surface area contributed by atoms with Crippen molar-refractivity contribution >= 4 is 53.7 Å². The minimum absolute atomic E-state index is 0.0279. The first-order valence-corrected chi connectivity index (χ1v) is 35.9. The molecule has 15 unspecified atom stereocenters. The molecule has 3 aliphatic rings. The SMILES string of the molecule is CC(=O)NC1C(OCCCC(=O)NCCCCCCNC(=O)OCCCC(C)(CCCOC(=O)NCCCCCCNC(=O)CCCOC2OC(CO)C(O)C(O)C2NC(C)=O)COC(=O)NCCCCCCNC(=O)CCCOC2OC(CO)C(O)C(O)C2NC(C)=O)OC(CO)C(O)C1O. The summed E-state index contributed by atoms with van der Waals surface area (Å²) in [6.45, 7) is 6.69. The van der Waals surface area contributed by atoms with Gasteiger partial charge in [-0.15, -0.1) is 0 Å². The molecule has 9 amide bonds. The monoisotopic (exact) mass is 1470 g/mol. The van der Waals surface area contributed by atoms with Crippen molar-refractivity contribution in [3.05, 3.63) is 0 Å². The lowest BCUT2D eigenvalue weighted by Gasteiger charge is -2.42. The molecule has 0 aromatic heterocycles. The van der Waals surface area contributed by atoms with Gasteiger partial charge in [-0.25, -0.2) is 14.4 Å². The fraction of sp³-hybridized carbons (Fsp3) is 0.864. The number of aliphatic hydroxyl groups is 9. The van der Waals surface area contributed by atoms with Crippen molar-refractivity contribution in [2.75, 3.05) is 98.7 Å². The second kappa shape index (κ2) is 52.1. The van der Waals surface area contributed by atoms with Gasteiger partial charge in [0.1, 0.15) is 73.1 Å². The summed E-state index contributed by atoms with van der Waals surface area (Å²) in [6, 6.07) is -3.23. The van der Waals surface area contributed by atoms with E-state index in [1.807, 2.05) is 6.92 Å². The standard InChI is InChI=1S/C66H119N9O27/c1-42(79)73-51-57(88)54(85)45(38-76)100-60(51)94-33-17-22-48(82)67-27-11-5-8-14-30-70-63(91)97-36-20-25-66(4,41-99-65(93)72-32-16-10-7-13-29-69-50(84)24-19-35-96-62-53(75-44(3)81)59(90)56(87)47(40-78)102-62)26-21-37-98-64(92)71-31-15-9-6-12-28-68-49(83)23-18-34-95-61-52(74-43(2)80)58(89)55(86)46(39-77)101-61/h45-47,51-62,76-78,85-90H,5-41H2,1-4H3,(H,67,82)(H,68,83)(H,69,84)(H,70,91)(H,71,92)(H,72,93)(H,73,79)(H,74,80)(H,75,81). The van der Waals surface area contributed by atoms with Crippen LogP contribution in [0.5, 0.6) is 0 Å². The van der Waals surface area contributed by atoms with Gasteiger partial charge in [-0.3, -0.25) is 28.8 Å². The molecule has 18 N–H and O–H groups in total. The van der Waals surface area contributed by atoms with Gasteiger partial charge in [-0.1, -0.05) is 45.4 Å². The van der Waals surface area contributed by atoms with Crippen molar-refractivity contribution in [1.82, 2.24) is 47.9 Å². The molecule has 102 heavy (non-hydrogen) atoms. The van der Waals surface area contributed by atoms with Crippen LogP contribution < -0.4 is 47.9 Å². The summed E-state index contributed by atoms with van der Waals surface area (Å²) in [5.41, 5.74) is -0.590. The van der Waals surface area contributed by atoms with Gasteiger partial charge < -0.3 is 136 Å². The molecule has 3 fully saturated rings. The highest BCUT2D eigenvalue weighted by molar-refractivity contribution is 5.77. The quantitative estimate of drug-likeness (QED) is 0.0231. The summed E-state index contributed by atoms with van der Waals surface area (Å²) < 4.78 is 50.2. The maximum Gasteiger partial charge on any atom is 0.407 e. The summed E-state index contributed by atoms with van der Waals surface area (Å²) in [4.78, 5) is 110. The highest BCUT2D eigenvalue weighted by atomic mass is 16.7. The number of alkyl carbamates (subject to hydrolysis) is 3. The van der Waals surface area contributed by atoms with Gasteiger partial charge in [-0.05, 0) is 83.5 Å². The molecule has 0 spiro atoms. The molecule has 36 heteroatoms. The molecular weight excluding hydrogens is 1350 g/mol. The van der Waals surface area contributed by atoms with E-state index in [-0.39, 0.29) is 76.6 Å². The summed E-state index contributed by atoms with van der Waals surface area (Å²) in [7, 11) is 0. The van der Waals surface area contributed by atoms with Gasteiger partial charge in [0.15, 0.2) is 18.9 Å². The number of hydrogen-bond donors (Lipinski definition) is 18. The van der Waals surface area contributed by atoms with Crippen LogP contribution in [-0.4, -0.2) is 290 Å². The zero-order valence-corrected chi connectivity index (χ0v) is 59.7. The Labute approximate surface area is 596 Å². The van der Waals surface area contributed by atoms with Crippen LogP contribution in [0.25, 0.3) is 0 Å². The number of hydrogen-bond acceptors (Lipinski definition) is 27. The largest absolute Gasteiger partial charge is 0.450 e. The Kier molecular flexibility index (Phi) is 46.1. The van der Waals surface area contributed by atoms with Crippen molar-refractivity contribution in [3.63, 3.8) is 0 Å². The van der Waals surface area contributed by atoms with Crippen LogP contribution in [0.2, 0.25) is 0 Å². The fourth-order valence-corrected chi connectivity index (χ4v) is 11.5. The Morgan fingerprint density at radius 2 is 0.608 bits per heavy atom. The van der Waals surface area contributed by atoms with Crippen molar-refractivity contribution in [1.29, 1.82) is 0 Å². The second-order valence-corrected chi connectivity index (χ2v) is 26.2. The lowest BCUT2D eigenvalue weighted by Crippen LogP contribution is -2.64. The van der Waals surface area contributed by atoms with Crippen LogP contribution in [0.3, 0.4) is 0 Å². The Hall–Kier alpha value is -5.97. The predicted molar refractivity (Wildman–Crippen MR) is 361 cm³/mol. The molecule has 0 saturated carbocycles. The molecular formula is C66H119N9O27. The van der Waals surface area contributed by atoms with E-state index in [2.05, 4.69) is 47.9 Å². The summed E-state index contributed by atoms with van der Waals surface area (Å²) >= 11 is 0. The normalized spacial score (nSPS) is 25.3. The number of carbonyl (C=O) groups excluding carboxylic acids is 9. The maximum atomic E-state index is 12.9. The Morgan fingerprint density at radius 3 is 0.873 bits per heavy atom. The van der Waals surface area contributed by atoms with E-state index in [9.17, 15) is 89.1 Å². The molecule has 3 rings (SSSR count). The lowest BCUT2D eigenvalue weighted by atomic mass is 9.82. The van der Waals surface area contributed by atoms with Gasteiger partial charge in [0.25, 0.3) is 0 Å². The number of nitrogens with one attached hydrogen (secondary N) is 9. The average Bonchev–Trinajstić information content (AvgIpc) is 0.820. The van der Waals surface area contributed by atoms with Crippen molar-refractivity contribution in [2.45, 2.75) is 261 Å². The van der Waals surface area contributed by atoms with Crippen LogP contribution >= 0.6 is 0 Å². The van der Waals surface area contributed by atoms with Gasteiger partial charge in [0.2, 0.25) is 35.4 Å². The minimum atomic E-state index is -1.44. The smallest absolute Gasteiger partial charge is 0.407 e. The fourth-order valence-electron chi connectivity index (χ4n) is 11.5. The third-order valence-corrected chi connectivity index (χ3v) is 17.2. The second-order valence-electron chi connectivity index (χ2n) is 26.2. The number of amides is 9. The summed E-state index contributed by atoms with van der Waals surface area (Å²) in [5, 5.41) is 115. The number of carbonyl (C=O) groups is 9. The van der Waals surface area contributed by atoms with E-state index < -0.39 is 153 Å². The molecule has 590 valence electrons. The number of aliphatic hydroxyl groups excluding tert-OH is 9. The van der Waals surface area contributed by atoms with Gasteiger partial charge >= 0.3 is 18.3 Å². The lowest BCUT2D eigenvalue weighted by molar-refractivity contribution is -0.270. The molecule has 36 nitrogen and oxygen atoms in total. The van der Waals surface area contributed by atoms with E-state index in [1.54, 1.807) is 0 Å². The van der Waals surface area contributed by atoms with Crippen molar-refractivity contribution in [3.8, 4) is 0 Å². The zero-order valence-electron chi connectivity index (χ0n) is 59.7. The third-order valence-electron chi connectivity index (χ3n) is 17.2. The molecule has 3 aliphatic heterocycles. The Balaban J connectivity index is 1.31. The first-order chi connectivity index (χ1) is 48.8. The molecule has 0 aliphatic carbocycles. The molecule has 15 atom stereocenters. The van der Waals surface area contributed by atoms with Crippen molar-refractivity contribution in [2.24, 2.45) is 5.41 Å². The van der Waals surface area contributed by atoms with Crippen LogP contribution in [0.1, 0.15) is 169 Å². The van der Waals surface area contributed by atoms with Crippen LogP contribution in [0.15, 0.2) is 0 Å². The number of ether oxygens (including phenoxy) is 9. The number of rotatable bonds is 52. The molecule has 0 bridgehead atoms.